The lowest BCUT2D eigenvalue weighted by Gasteiger charge is -2.26. The molecule has 2 saturated heterocycles. The molecule has 1 aromatic rings. The molecule has 0 saturated carbocycles. The molecule has 0 radical (unpaired) electrons. The lowest BCUT2D eigenvalue weighted by molar-refractivity contribution is -0.137. The number of hydrogen-bond acceptors (Lipinski definition) is 5. The molecule has 2 fully saturated rings. The van der Waals surface area contributed by atoms with Crippen LogP contribution in [-0.2, 0) is 16.0 Å². The second kappa shape index (κ2) is 6.56. The molecule has 6 nitrogen and oxygen atoms in total. The van der Waals surface area contributed by atoms with E-state index in [1.165, 1.54) is 0 Å². The third-order valence-electron chi connectivity index (χ3n) is 4.51. The highest BCUT2D eigenvalue weighted by Gasteiger charge is 2.31. The first-order valence-electron chi connectivity index (χ1n) is 7.88. The van der Waals surface area contributed by atoms with E-state index in [1.807, 2.05) is 4.90 Å². The largest absolute Gasteiger partial charge is 0.381 e. The van der Waals surface area contributed by atoms with Crippen molar-refractivity contribution in [3.63, 3.8) is 0 Å². The minimum Gasteiger partial charge on any atom is -0.381 e. The van der Waals surface area contributed by atoms with E-state index >= 15 is 0 Å². The van der Waals surface area contributed by atoms with E-state index in [9.17, 15) is 4.79 Å². The Kier molecular flexibility index (Phi) is 4.53. The van der Waals surface area contributed by atoms with Gasteiger partial charge in [-0.2, -0.15) is 4.98 Å². The number of ether oxygens (including phenoxy) is 1. The van der Waals surface area contributed by atoms with Gasteiger partial charge in [0.25, 0.3) is 0 Å². The summed E-state index contributed by atoms with van der Waals surface area (Å²) in [5.41, 5.74) is 0. The molecule has 3 heterocycles. The van der Waals surface area contributed by atoms with Crippen molar-refractivity contribution in [2.24, 2.45) is 11.8 Å². The number of carbonyl (C=O) groups is 1. The van der Waals surface area contributed by atoms with E-state index in [2.05, 4.69) is 10.1 Å². The molecule has 0 aliphatic carbocycles. The van der Waals surface area contributed by atoms with E-state index in [4.69, 9.17) is 9.26 Å². The molecule has 21 heavy (non-hydrogen) atoms. The van der Waals surface area contributed by atoms with Gasteiger partial charge in [0.05, 0.1) is 0 Å². The standard InChI is InChI=1S/C15H23N3O3/c1-11-16-14(17-21-11)3-2-12-4-7-18(10-12)15(19)13-5-8-20-9-6-13/h12-13H,2-10H2,1H3. The van der Waals surface area contributed by atoms with Gasteiger partial charge in [-0.25, -0.2) is 0 Å². The molecule has 2 aliphatic heterocycles. The van der Waals surface area contributed by atoms with Gasteiger partial charge in [-0.3, -0.25) is 4.79 Å². The topological polar surface area (TPSA) is 68.5 Å². The summed E-state index contributed by atoms with van der Waals surface area (Å²) in [6.07, 6.45) is 4.70. The Morgan fingerprint density at radius 1 is 1.33 bits per heavy atom. The van der Waals surface area contributed by atoms with Crippen molar-refractivity contribution >= 4 is 5.91 Å². The minimum absolute atomic E-state index is 0.178. The molecule has 0 aromatic carbocycles. The summed E-state index contributed by atoms with van der Waals surface area (Å²) in [5, 5.41) is 3.92. The first-order chi connectivity index (χ1) is 10.2. The zero-order valence-corrected chi connectivity index (χ0v) is 12.6. The highest BCUT2D eigenvalue weighted by atomic mass is 16.5. The van der Waals surface area contributed by atoms with Crippen LogP contribution in [0.3, 0.4) is 0 Å². The van der Waals surface area contributed by atoms with Crippen LogP contribution in [0.25, 0.3) is 0 Å². The summed E-state index contributed by atoms with van der Waals surface area (Å²) >= 11 is 0. The molecule has 116 valence electrons. The summed E-state index contributed by atoms with van der Waals surface area (Å²) in [5.74, 6) is 2.47. The second-order valence-corrected chi connectivity index (χ2v) is 6.09. The summed E-state index contributed by atoms with van der Waals surface area (Å²) in [7, 11) is 0. The maximum Gasteiger partial charge on any atom is 0.225 e. The molecule has 2 aliphatic rings. The number of amides is 1. The molecule has 0 bridgehead atoms. The Balaban J connectivity index is 1.45. The molecule has 1 aromatic heterocycles. The third-order valence-corrected chi connectivity index (χ3v) is 4.51. The second-order valence-electron chi connectivity index (χ2n) is 6.09. The van der Waals surface area contributed by atoms with Gasteiger partial charge in [0.1, 0.15) is 0 Å². The summed E-state index contributed by atoms with van der Waals surface area (Å²) in [6.45, 7) is 5.04. The lowest BCUT2D eigenvalue weighted by atomic mass is 9.98. The molecular formula is C15H23N3O3. The molecule has 0 spiro atoms. The Bertz CT molecular complexity index is 482. The zero-order chi connectivity index (χ0) is 14.7. The van der Waals surface area contributed by atoms with Crippen molar-refractivity contribution in [3.05, 3.63) is 11.7 Å². The fraction of sp³-hybridized carbons (Fsp3) is 0.800. The number of aryl methyl sites for hydroxylation is 2. The predicted octanol–water partition coefficient (Wildman–Crippen LogP) is 1.59. The van der Waals surface area contributed by atoms with Gasteiger partial charge in [0.2, 0.25) is 11.8 Å². The van der Waals surface area contributed by atoms with Crippen molar-refractivity contribution in [1.82, 2.24) is 15.0 Å². The van der Waals surface area contributed by atoms with Crippen molar-refractivity contribution in [2.45, 2.75) is 39.0 Å². The van der Waals surface area contributed by atoms with Crippen molar-refractivity contribution < 1.29 is 14.1 Å². The van der Waals surface area contributed by atoms with Crippen molar-refractivity contribution in [2.75, 3.05) is 26.3 Å². The van der Waals surface area contributed by atoms with E-state index in [0.717, 1.165) is 64.2 Å². The van der Waals surface area contributed by atoms with Gasteiger partial charge < -0.3 is 14.2 Å². The molecule has 3 rings (SSSR count). The van der Waals surface area contributed by atoms with E-state index in [1.54, 1.807) is 6.92 Å². The van der Waals surface area contributed by atoms with Crippen LogP contribution < -0.4 is 0 Å². The average Bonchev–Trinajstić information content (AvgIpc) is 3.14. The minimum atomic E-state index is 0.178. The molecule has 6 heteroatoms. The number of nitrogens with zero attached hydrogens (tertiary/aromatic N) is 3. The zero-order valence-electron chi connectivity index (χ0n) is 12.6. The lowest BCUT2D eigenvalue weighted by Crippen LogP contribution is -2.37. The molecular weight excluding hydrogens is 270 g/mol. The van der Waals surface area contributed by atoms with E-state index < -0.39 is 0 Å². The molecule has 0 N–H and O–H groups in total. The first-order valence-corrected chi connectivity index (χ1v) is 7.88. The highest BCUT2D eigenvalue weighted by molar-refractivity contribution is 5.79. The molecule has 1 atom stereocenters. The van der Waals surface area contributed by atoms with Crippen LogP contribution in [-0.4, -0.2) is 47.3 Å². The van der Waals surface area contributed by atoms with Crippen LogP contribution in [0.15, 0.2) is 4.52 Å². The number of aromatic nitrogens is 2. The quantitative estimate of drug-likeness (QED) is 0.843. The van der Waals surface area contributed by atoms with Crippen LogP contribution in [0.1, 0.15) is 37.4 Å². The normalized spacial score (nSPS) is 23.7. The van der Waals surface area contributed by atoms with Gasteiger partial charge in [0, 0.05) is 45.6 Å². The smallest absolute Gasteiger partial charge is 0.225 e. The van der Waals surface area contributed by atoms with Gasteiger partial charge >= 0.3 is 0 Å². The monoisotopic (exact) mass is 293 g/mol. The number of carbonyl (C=O) groups excluding carboxylic acids is 1. The Morgan fingerprint density at radius 3 is 2.86 bits per heavy atom. The van der Waals surface area contributed by atoms with Gasteiger partial charge in [-0.05, 0) is 31.6 Å². The maximum atomic E-state index is 12.5. The van der Waals surface area contributed by atoms with Crippen molar-refractivity contribution in [1.29, 1.82) is 0 Å². The fourth-order valence-corrected chi connectivity index (χ4v) is 3.25. The van der Waals surface area contributed by atoms with Gasteiger partial charge in [-0.15, -0.1) is 0 Å². The summed E-state index contributed by atoms with van der Waals surface area (Å²) in [6, 6.07) is 0. The summed E-state index contributed by atoms with van der Waals surface area (Å²) in [4.78, 5) is 18.7. The Hall–Kier alpha value is -1.43. The van der Waals surface area contributed by atoms with Crippen LogP contribution in [0.2, 0.25) is 0 Å². The highest BCUT2D eigenvalue weighted by Crippen LogP contribution is 2.25. The number of likely N-dealkylation sites (tertiary alicyclic amines) is 1. The van der Waals surface area contributed by atoms with Crippen LogP contribution >= 0.6 is 0 Å². The van der Waals surface area contributed by atoms with Crippen LogP contribution in [0.5, 0.6) is 0 Å². The van der Waals surface area contributed by atoms with E-state index in [0.29, 0.717) is 17.7 Å². The van der Waals surface area contributed by atoms with E-state index in [-0.39, 0.29) is 5.92 Å². The Morgan fingerprint density at radius 2 is 2.14 bits per heavy atom. The SMILES string of the molecule is Cc1nc(CCC2CCN(C(=O)C3CCOCC3)C2)no1. The average molecular weight is 293 g/mol. The fourth-order valence-electron chi connectivity index (χ4n) is 3.25. The maximum absolute atomic E-state index is 12.5. The predicted molar refractivity (Wildman–Crippen MR) is 75.6 cm³/mol. The molecule has 1 amide bonds. The number of hydrogen-bond donors (Lipinski definition) is 0. The Labute approximate surface area is 124 Å². The van der Waals surface area contributed by atoms with Crippen LogP contribution in [0.4, 0.5) is 0 Å². The summed E-state index contributed by atoms with van der Waals surface area (Å²) < 4.78 is 10.3. The third kappa shape index (κ3) is 3.61. The number of rotatable bonds is 4. The molecule has 1 unspecified atom stereocenters. The van der Waals surface area contributed by atoms with Crippen LogP contribution in [0, 0.1) is 18.8 Å². The van der Waals surface area contributed by atoms with Crippen molar-refractivity contribution in [3.8, 4) is 0 Å². The van der Waals surface area contributed by atoms with Gasteiger partial charge in [0.15, 0.2) is 5.82 Å². The first kappa shape index (κ1) is 14.5. The van der Waals surface area contributed by atoms with Gasteiger partial charge in [-0.1, -0.05) is 5.16 Å².